The van der Waals surface area contributed by atoms with Crippen LogP contribution in [-0.2, 0) is 33.7 Å². The molecule has 0 bridgehead atoms. The largest absolute Gasteiger partial charge is 0.393 e. The summed E-state index contributed by atoms with van der Waals surface area (Å²) >= 11 is 0. The number of nitrogens with zero attached hydrogens (tertiary/aromatic N) is 3. The number of aromatic nitrogens is 3. The van der Waals surface area contributed by atoms with Crippen molar-refractivity contribution in [2.75, 3.05) is 6.61 Å². The quantitative estimate of drug-likeness (QED) is 0.551. The van der Waals surface area contributed by atoms with Gasteiger partial charge in [0, 0.05) is 23.2 Å². The van der Waals surface area contributed by atoms with E-state index < -0.39 is 53.0 Å². The maximum Gasteiger partial charge on any atom is 0.193 e. The van der Waals surface area contributed by atoms with E-state index in [1.807, 2.05) is 36.3 Å². The average Bonchev–Trinajstić information content (AvgIpc) is 3.52. The third-order valence-corrected chi connectivity index (χ3v) is 11.6. The second-order valence-electron chi connectivity index (χ2n) is 14.3. The molecule has 1 aliphatic heterocycles. The van der Waals surface area contributed by atoms with Gasteiger partial charge in [-0.05, 0) is 92.0 Å². The maximum absolute atomic E-state index is 16.5. The average molecular weight is 580 g/mol. The van der Waals surface area contributed by atoms with Gasteiger partial charge in [-0.1, -0.05) is 26.8 Å². The van der Waals surface area contributed by atoms with Crippen molar-refractivity contribution < 1.29 is 28.9 Å². The zero-order chi connectivity index (χ0) is 29.8. The number of hydrogen-bond acceptors (Lipinski definition) is 7. The topological polar surface area (TPSA) is 107 Å². The van der Waals surface area contributed by atoms with Crippen LogP contribution in [0.3, 0.4) is 0 Å². The lowest BCUT2D eigenvalue weighted by molar-refractivity contribution is -0.228. The lowest BCUT2D eigenvalue weighted by atomic mass is 9.45. The molecular formula is C33H42FN3O5. The van der Waals surface area contributed by atoms with Gasteiger partial charge in [0.05, 0.1) is 30.6 Å². The summed E-state index contributed by atoms with van der Waals surface area (Å²) in [7, 11) is 0. The van der Waals surface area contributed by atoms with Crippen LogP contribution in [-0.4, -0.2) is 67.1 Å². The summed E-state index contributed by atoms with van der Waals surface area (Å²) in [6, 6.07) is 2.14. The van der Waals surface area contributed by atoms with Gasteiger partial charge in [-0.3, -0.25) is 14.5 Å². The molecule has 9 atom stereocenters. The molecule has 0 spiro atoms. The van der Waals surface area contributed by atoms with E-state index in [1.54, 1.807) is 13.8 Å². The highest BCUT2D eigenvalue weighted by molar-refractivity contribution is 5.91. The summed E-state index contributed by atoms with van der Waals surface area (Å²) in [4.78, 5) is 17.8. The molecule has 2 aromatic heterocycles. The standard InChI is InChI=1S/C33H42FN3O5/c1-6-18-7-19(14-35-13-18)16-37-25-9-23-24(34)8-21-22-10-28-33(27(40)17-38,42-30(2,3)41-28)32(22,5)12-26(39)29(21)31(23,4)11-20(25)15-36-37/h7,9,13-15,21-22,24,26,28-29,38-39H,6,8,10-12,16-17H2,1-5H3/t21-,22-,24-,26-,28+,29+,31-,32-,33+/m0/s1. The Bertz CT molecular complexity index is 1470. The highest BCUT2D eigenvalue weighted by Crippen LogP contribution is 2.71. The van der Waals surface area contributed by atoms with E-state index in [0.29, 0.717) is 25.8 Å². The molecule has 2 aromatic rings. The molecular weight excluding hydrogens is 537 g/mol. The fraction of sp³-hybridized carbons (Fsp3) is 0.667. The molecule has 0 unspecified atom stereocenters. The highest BCUT2D eigenvalue weighted by Gasteiger charge is 2.77. The lowest BCUT2D eigenvalue weighted by Gasteiger charge is -2.61. The number of carbonyl (C=O) groups excluding carboxylic acids is 1. The van der Waals surface area contributed by atoms with Gasteiger partial charge in [-0.2, -0.15) is 5.10 Å². The second kappa shape index (κ2) is 9.27. The van der Waals surface area contributed by atoms with Gasteiger partial charge in [0.2, 0.25) is 0 Å². The van der Waals surface area contributed by atoms with Crippen LogP contribution in [0.1, 0.15) is 76.3 Å². The SMILES string of the molecule is CCc1cncc(Cn2ncc3c2C=C2[C@@H](F)C[C@@H]4[C@H]([C@@H](O)C[C@@]5(C)[C@H]4C[C@H]4OC(C)(C)O[C@]45C(=O)CO)[C@@]2(C)C3)c1. The molecule has 0 radical (unpaired) electrons. The number of carbonyl (C=O) groups is 1. The molecule has 42 heavy (non-hydrogen) atoms. The van der Waals surface area contributed by atoms with Crippen LogP contribution in [0, 0.1) is 28.6 Å². The zero-order valence-electron chi connectivity index (χ0n) is 25.1. The van der Waals surface area contributed by atoms with Crippen molar-refractivity contribution in [1.29, 1.82) is 0 Å². The van der Waals surface area contributed by atoms with E-state index in [-0.39, 0.29) is 24.2 Å². The number of fused-ring (bicyclic) bond motifs is 8. The number of pyridine rings is 1. The number of ether oxygens (including phenoxy) is 2. The number of aliphatic hydroxyl groups excluding tert-OH is 2. The third-order valence-electron chi connectivity index (χ3n) is 11.6. The fourth-order valence-electron chi connectivity index (χ4n) is 10.1. The van der Waals surface area contributed by atoms with Gasteiger partial charge in [-0.25, -0.2) is 4.39 Å². The first kappa shape index (κ1) is 28.3. The van der Waals surface area contributed by atoms with Crippen molar-refractivity contribution >= 4 is 11.9 Å². The fourth-order valence-corrected chi connectivity index (χ4v) is 10.1. The molecule has 1 saturated heterocycles. The zero-order valence-corrected chi connectivity index (χ0v) is 25.1. The predicted molar refractivity (Wildman–Crippen MR) is 153 cm³/mol. The number of aryl methyl sites for hydroxylation is 1. The van der Waals surface area contributed by atoms with Crippen LogP contribution < -0.4 is 0 Å². The summed E-state index contributed by atoms with van der Waals surface area (Å²) in [6.45, 7) is 9.65. The Kier molecular flexibility index (Phi) is 6.25. The van der Waals surface area contributed by atoms with E-state index in [1.165, 1.54) is 0 Å². The van der Waals surface area contributed by atoms with Crippen molar-refractivity contribution in [2.24, 2.45) is 28.6 Å². The number of Topliss-reactive ketones (excluding diaryl/α,β-unsaturated/α-hetero) is 1. The van der Waals surface area contributed by atoms with E-state index in [2.05, 4.69) is 24.9 Å². The number of aliphatic hydroxyl groups is 2. The summed E-state index contributed by atoms with van der Waals surface area (Å²) in [6.07, 6.45) is 7.73. The normalized spacial score (nSPS) is 41.3. The van der Waals surface area contributed by atoms with Gasteiger partial charge >= 0.3 is 0 Å². The van der Waals surface area contributed by atoms with Crippen LogP contribution in [0.25, 0.3) is 6.08 Å². The van der Waals surface area contributed by atoms with Gasteiger partial charge < -0.3 is 19.7 Å². The monoisotopic (exact) mass is 579 g/mol. The number of allylic oxidation sites excluding steroid dienone is 1. The number of ketones is 1. The van der Waals surface area contributed by atoms with Crippen molar-refractivity contribution in [1.82, 2.24) is 14.8 Å². The molecule has 3 heterocycles. The van der Waals surface area contributed by atoms with Crippen molar-refractivity contribution in [3.63, 3.8) is 0 Å². The third kappa shape index (κ3) is 3.69. The number of halogens is 1. The maximum atomic E-state index is 16.5. The first-order valence-electron chi connectivity index (χ1n) is 15.4. The smallest absolute Gasteiger partial charge is 0.193 e. The molecule has 4 fully saturated rings. The lowest BCUT2D eigenvalue weighted by Crippen LogP contribution is -2.65. The number of hydrogen-bond donors (Lipinski definition) is 2. The van der Waals surface area contributed by atoms with Gasteiger partial charge in [0.1, 0.15) is 12.8 Å². The molecule has 0 aromatic carbocycles. The molecule has 9 heteroatoms. The first-order chi connectivity index (χ1) is 19.9. The molecule has 4 aliphatic carbocycles. The van der Waals surface area contributed by atoms with E-state index >= 15 is 4.39 Å². The summed E-state index contributed by atoms with van der Waals surface area (Å²) in [5.41, 5.74) is 2.17. The number of alkyl halides is 1. The van der Waals surface area contributed by atoms with Crippen LogP contribution >= 0.6 is 0 Å². The molecule has 226 valence electrons. The molecule has 3 saturated carbocycles. The molecule has 5 aliphatic rings. The molecule has 7 rings (SSSR count). The minimum absolute atomic E-state index is 0.0958. The Morgan fingerprint density at radius 3 is 2.67 bits per heavy atom. The van der Waals surface area contributed by atoms with Crippen LogP contribution in [0.4, 0.5) is 4.39 Å². The van der Waals surface area contributed by atoms with E-state index in [0.717, 1.165) is 34.4 Å². The minimum Gasteiger partial charge on any atom is -0.393 e. The van der Waals surface area contributed by atoms with Crippen molar-refractivity contribution in [2.45, 2.75) is 103 Å². The Morgan fingerprint density at radius 2 is 1.93 bits per heavy atom. The Morgan fingerprint density at radius 1 is 1.17 bits per heavy atom. The predicted octanol–water partition coefficient (Wildman–Crippen LogP) is 4.05. The van der Waals surface area contributed by atoms with Gasteiger partial charge in [0.15, 0.2) is 17.2 Å². The van der Waals surface area contributed by atoms with Crippen LogP contribution in [0.2, 0.25) is 0 Å². The van der Waals surface area contributed by atoms with E-state index in [4.69, 9.17) is 14.6 Å². The Balaban J connectivity index is 1.24. The van der Waals surface area contributed by atoms with Gasteiger partial charge in [0.25, 0.3) is 0 Å². The second-order valence-corrected chi connectivity index (χ2v) is 14.3. The molecule has 8 nitrogen and oxygen atoms in total. The van der Waals surface area contributed by atoms with E-state index in [9.17, 15) is 15.0 Å². The van der Waals surface area contributed by atoms with Crippen molar-refractivity contribution in [3.8, 4) is 0 Å². The minimum atomic E-state index is -1.37. The molecule has 2 N–H and O–H groups in total. The Hall–Kier alpha value is -2.46. The summed E-state index contributed by atoms with van der Waals surface area (Å²) in [5, 5.41) is 26.7. The summed E-state index contributed by atoms with van der Waals surface area (Å²) < 4.78 is 31.1. The van der Waals surface area contributed by atoms with Gasteiger partial charge in [-0.15, -0.1) is 0 Å². The molecule has 0 amide bonds. The highest BCUT2D eigenvalue weighted by atomic mass is 19.1. The van der Waals surface area contributed by atoms with Crippen LogP contribution in [0.15, 0.2) is 30.2 Å². The Labute approximate surface area is 246 Å². The van der Waals surface area contributed by atoms with Crippen LogP contribution in [0.5, 0.6) is 0 Å². The first-order valence-corrected chi connectivity index (χ1v) is 15.4. The summed E-state index contributed by atoms with van der Waals surface area (Å²) in [5.74, 6) is -1.86. The number of rotatable bonds is 5. The van der Waals surface area contributed by atoms with Crippen molar-refractivity contribution in [3.05, 3.63) is 52.6 Å².